The minimum absolute atomic E-state index is 0. The Labute approximate surface area is 244 Å². The Morgan fingerprint density at radius 3 is 2.50 bits per heavy atom. The van der Waals surface area contributed by atoms with Crippen molar-refractivity contribution in [2.45, 2.75) is 20.3 Å². The average Bonchev–Trinajstić information content (AvgIpc) is 3.40. The summed E-state index contributed by atoms with van der Waals surface area (Å²) in [7, 11) is 0. The molecule has 10 heteroatoms. The third-order valence-corrected chi connectivity index (χ3v) is 7.18. The molecule has 32 heavy (non-hydrogen) atoms. The molecule has 1 aromatic carbocycles. The van der Waals surface area contributed by atoms with Crippen LogP contribution >= 0.6 is 38.6 Å². The minimum atomic E-state index is -0.712. The molecular weight excluding hydrogens is 537 g/mol. The van der Waals surface area contributed by atoms with E-state index >= 15 is 0 Å². The van der Waals surface area contributed by atoms with Crippen molar-refractivity contribution in [3.8, 4) is 22.3 Å². The van der Waals surface area contributed by atoms with Crippen LogP contribution in [0.25, 0.3) is 10.4 Å². The van der Waals surface area contributed by atoms with Crippen LogP contribution in [0.1, 0.15) is 45.2 Å². The molecule has 3 rings (SSSR count). The van der Waals surface area contributed by atoms with Crippen LogP contribution in [0.3, 0.4) is 0 Å². The van der Waals surface area contributed by atoms with Gasteiger partial charge in [0, 0.05) is 9.85 Å². The second-order valence-corrected chi connectivity index (χ2v) is 9.47. The van der Waals surface area contributed by atoms with Gasteiger partial charge in [-0.1, -0.05) is 35.0 Å². The van der Waals surface area contributed by atoms with Crippen molar-refractivity contribution in [1.82, 2.24) is 5.43 Å². The predicted molar refractivity (Wildman–Crippen MR) is 134 cm³/mol. The summed E-state index contributed by atoms with van der Waals surface area (Å²) in [5, 5.41) is 25.5. The molecule has 0 saturated heterocycles. The van der Waals surface area contributed by atoms with Gasteiger partial charge < -0.3 is 5.11 Å². The number of hydrogen-bond acceptors (Lipinski definition) is 7. The Morgan fingerprint density at radius 2 is 1.88 bits per heavy atom. The Morgan fingerprint density at radius 1 is 1.22 bits per heavy atom. The quantitative estimate of drug-likeness (QED) is 0.181. The Balaban J connectivity index is 0.00000363. The number of ketones is 1. The fraction of sp³-hybridized carbons (Fsp3) is 0.182. The number of carbonyl (C=O) groups is 2. The van der Waals surface area contributed by atoms with Crippen LogP contribution < -0.4 is 5.43 Å². The molecule has 0 aliphatic carbocycles. The summed E-state index contributed by atoms with van der Waals surface area (Å²) in [5.41, 5.74) is 4.33. The zero-order valence-corrected chi connectivity index (χ0v) is 19.9. The van der Waals surface area contributed by atoms with E-state index in [-0.39, 0.29) is 62.9 Å². The van der Waals surface area contributed by atoms with Crippen molar-refractivity contribution < 1.29 is 14.7 Å². The maximum absolute atomic E-state index is 12.4. The van der Waals surface area contributed by atoms with Crippen molar-refractivity contribution >= 4 is 107 Å². The monoisotopic (exact) mass is 555 g/mol. The number of rotatable bonds is 7. The van der Waals surface area contributed by atoms with E-state index in [9.17, 15) is 14.7 Å². The standard InChI is InChI=1S/C22H18BrN3O3S2.K.H/c1-3-13(10-24)19(27)17-8-9-18(31-17)22(29)26-25-12(2)16-11-30-21(20(16)28)14-4-6-15(23)7-5-14;;/h4-9,11,13,28H,3H2,1-2H3,(H,26,29);;. The molecule has 0 fully saturated rings. The molecular formula is C22H19BrKN3O3S2. The normalized spacial score (nSPS) is 11.9. The molecule has 160 valence electrons. The van der Waals surface area contributed by atoms with Gasteiger partial charge in [-0.3, -0.25) is 9.59 Å². The summed E-state index contributed by atoms with van der Waals surface area (Å²) < 4.78 is 0.948. The van der Waals surface area contributed by atoms with Crippen LogP contribution in [0.2, 0.25) is 0 Å². The first-order valence-electron chi connectivity index (χ1n) is 9.30. The molecule has 0 bridgehead atoms. The molecule has 1 unspecified atom stereocenters. The molecule has 0 aliphatic rings. The topological polar surface area (TPSA) is 103 Å². The van der Waals surface area contributed by atoms with Gasteiger partial charge in [0.15, 0.2) is 5.78 Å². The van der Waals surface area contributed by atoms with E-state index in [2.05, 4.69) is 26.5 Å². The van der Waals surface area contributed by atoms with Crippen LogP contribution in [-0.2, 0) is 0 Å². The molecule has 0 saturated carbocycles. The number of hydrogen-bond donors (Lipinski definition) is 2. The molecule has 0 spiro atoms. The van der Waals surface area contributed by atoms with Crippen LogP contribution in [0.5, 0.6) is 5.75 Å². The van der Waals surface area contributed by atoms with Gasteiger partial charge in [0.25, 0.3) is 5.91 Å². The van der Waals surface area contributed by atoms with E-state index in [1.807, 2.05) is 30.3 Å². The third kappa shape index (κ3) is 6.24. The average molecular weight is 557 g/mol. The SMILES string of the molecule is CCC(C#N)C(=O)c1ccc(C(=O)NN=C(C)c2csc(-c3ccc(Br)cc3)c2O)s1.[KH]. The number of nitriles is 1. The first kappa shape index (κ1) is 27.1. The van der Waals surface area contributed by atoms with Crippen molar-refractivity contribution in [3.63, 3.8) is 0 Å². The van der Waals surface area contributed by atoms with E-state index in [0.29, 0.717) is 32.3 Å². The van der Waals surface area contributed by atoms with Gasteiger partial charge in [0.1, 0.15) is 11.7 Å². The van der Waals surface area contributed by atoms with Gasteiger partial charge in [-0.15, -0.1) is 22.7 Å². The van der Waals surface area contributed by atoms with Gasteiger partial charge >= 0.3 is 51.4 Å². The number of Topliss-reactive ketones (excluding diaryl/α,β-unsaturated/α-hetero) is 1. The van der Waals surface area contributed by atoms with Gasteiger partial charge in [-0.2, -0.15) is 10.4 Å². The number of aromatic hydroxyl groups is 1. The molecule has 2 N–H and O–H groups in total. The summed E-state index contributed by atoms with van der Waals surface area (Å²) in [6.07, 6.45) is 0.421. The van der Waals surface area contributed by atoms with Crippen LogP contribution in [0.4, 0.5) is 0 Å². The van der Waals surface area contributed by atoms with Gasteiger partial charge in [0.05, 0.1) is 32.0 Å². The number of halogens is 1. The molecule has 3 aromatic rings. The number of hydrazone groups is 1. The maximum atomic E-state index is 12.4. The Hall–Kier alpha value is -1.16. The molecule has 0 radical (unpaired) electrons. The second-order valence-electron chi connectivity index (χ2n) is 6.59. The van der Waals surface area contributed by atoms with Gasteiger partial charge in [0.2, 0.25) is 0 Å². The third-order valence-electron chi connectivity index (χ3n) is 4.54. The van der Waals surface area contributed by atoms with Crippen molar-refractivity contribution in [1.29, 1.82) is 5.26 Å². The molecule has 2 aromatic heterocycles. The molecule has 6 nitrogen and oxygen atoms in total. The number of benzene rings is 1. The number of amides is 1. The van der Waals surface area contributed by atoms with E-state index in [1.54, 1.807) is 25.3 Å². The second kappa shape index (κ2) is 12.3. The van der Waals surface area contributed by atoms with Crippen molar-refractivity contribution in [3.05, 3.63) is 61.6 Å². The first-order valence-corrected chi connectivity index (χ1v) is 11.8. The number of nitrogens with zero attached hydrogens (tertiary/aromatic N) is 2. The van der Waals surface area contributed by atoms with Gasteiger partial charge in [-0.05, 0) is 43.2 Å². The van der Waals surface area contributed by atoms with E-state index < -0.39 is 11.8 Å². The summed E-state index contributed by atoms with van der Waals surface area (Å²) >= 11 is 5.81. The van der Waals surface area contributed by atoms with Crippen molar-refractivity contribution in [2.24, 2.45) is 11.0 Å². The summed E-state index contributed by atoms with van der Waals surface area (Å²) in [6, 6.07) is 12.7. The fourth-order valence-electron chi connectivity index (χ4n) is 2.76. The molecule has 0 aliphatic heterocycles. The summed E-state index contributed by atoms with van der Waals surface area (Å²) in [6.45, 7) is 3.46. The van der Waals surface area contributed by atoms with Crippen molar-refractivity contribution in [2.75, 3.05) is 0 Å². The summed E-state index contributed by atoms with van der Waals surface area (Å²) in [4.78, 5) is 26.1. The Kier molecular flexibility index (Phi) is 10.4. The van der Waals surface area contributed by atoms with E-state index in [1.165, 1.54) is 17.4 Å². The molecule has 1 atom stereocenters. The van der Waals surface area contributed by atoms with E-state index in [0.717, 1.165) is 21.4 Å². The molecule has 2 heterocycles. The van der Waals surface area contributed by atoms with E-state index in [4.69, 9.17) is 5.26 Å². The number of carbonyl (C=O) groups excluding carboxylic acids is 2. The van der Waals surface area contributed by atoms with Crippen LogP contribution in [-0.4, -0.2) is 73.9 Å². The molecule has 1 amide bonds. The van der Waals surface area contributed by atoms with Crippen LogP contribution in [0, 0.1) is 17.2 Å². The summed E-state index contributed by atoms with van der Waals surface area (Å²) in [5.74, 6) is -1.35. The number of nitrogens with one attached hydrogen (secondary N) is 1. The zero-order valence-electron chi connectivity index (χ0n) is 16.7. The Bertz CT molecular complexity index is 1200. The zero-order chi connectivity index (χ0) is 22.5. The number of thiophene rings is 2. The fourth-order valence-corrected chi connectivity index (χ4v) is 4.93. The van der Waals surface area contributed by atoms with Gasteiger partial charge in [-0.25, -0.2) is 5.43 Å². The predicted octanol–water partition coefficient (Wildman–Crippen LogP) is 5.18. The first-order chi connectivity index (χ1) is 14.8. The van der Waals surface area contributed by atoms with Crippen LogP contribution in [0.15, 0.2) is 51.4 Å².